The number of hydrogen-bond donors (Lipinski definition) is 2. The molecule has 10 heavy (non-hydrogen) atoms. The second kappa shape index (κ2) is 2.51. The Morgan fingerprint density at radius 2 is 2.60 bits per heavy atom. The zero-order valence-electron chi connectivity index (χ0n) is 5.59. The van der Waals surface area contributed by atoms with Crippen molar-refractivity contribution in [1.82, 2.24) is 10.2 Å². The zero-order valence-corrected chi connectivity index (χ0v) is 5.59. The van der Waals surface area contributed by atoms with Gasteiger partial charge in [0.25, 0.3) is 0 Å². The molecule has 54 valence electrons. The van der Waals surface area contributed by atoms with E-state index in [0.29, 0.717) is 12.1 Å². The number of aromatic amines is 1. The highest BCUT2D eigenvalue weighted by Gasteiger charge is 2.09. The Labute approximate surface area is 57.9 Å². The van der Waals surface area contributed by atoms with E-state index in [1.807, 2.05) is 6.92 Å². The smallest absolute Gasteiger partial charge is 0.339 e. The normalized spacial score (nSPS) is 9.70. The molecular weight excluding hydrogens is 132 g/mol. The molecule has 4 heteroatoms. The molecule has 0 aliphatic heterocycles. The van der Waals surface area contributed by atoms with Crippen LogP contribution in [0.25, 0.3) is 0 Å². The summed E-state index contributed by atoms with van der Waals surface area (Å²) in [7, 11) is 0. The van der Waals surface area contributed by atoms with Crippen LogP contribution in [0.15, 0.2) is 6.20 Å². The third-order valence-electron chi connectivity index (χ3n) is 1.28. The molecule has 1 aromatic heterocycles. The molecule has 1 rings (SSSR count). The Bertz CT molecular complexity index is 242. The van der Waals surface area contributed by atoms with Crippen LogP contribution in [-0.2, 0) is 6.42 Å². The monoisotopic (exact) mass is 140 g/mol. The second-order valence-corrected chi connectivity index (χ2v) is 1.90. The van der Waals surface area contributed by atoms with Gasteiger partial charge in [-0.15, -0.1) is 0 Å². The van der Waals surface area contributed by atoms with Crippen molar-refractivity contribution in [1.29, 1.82) is 0 Å². The number of hydrogen-bond acceptors (Lipinski definition) is 2. The van der Waals surface area contributed by atoms with Crippen molar-refractivity contribution in [2.75, 3.05) is 0 Å². The zero-order chi connectivity index (χ0) is 7.56. The number of aromatic nitrogens is 2. The number of rotatable bonds is 2. The first-order valence-electron chi connectivity index (χ1n) is 3.01. The van der Waals surface area contributed by atoms with E-state index in [4.69, 9.17) is 5.11 Å². The fourth-order valence-corrected chi connectivity index (χ4v) is 0.773. The molecule has 0 radical (unpaired) electrons. The summed E-state index contributed by atoms with van der Waals surface area (Å²) in [6, 6.07) is 0. The summed E-state index contributed by atoms with van der Waals surface area (Å²) >= 11 is 0. The SMILES string of the molecule is CCc1n[nH]cc1C(=O)O. The molecule has 0 saturated heterocycles. The van der Waals surface area contributed by atoms with Crippen molar-refractivity contribution in [3.63, 3.8) is 0 Å². The van der Waals surface area contributed by atoms with Crippen LogP contribution in [0.4, 0.5) is 0 Å². The van der Waals surface area contributed by atoms with E-state index in [0.717, 1.165) is 0 Å². The quantitative estimate of drug-likeness (QED) is 0.634. The van der Waals surface area contributed by atoms with Crippen molar-refractivity contribution in [3.05, 3.63) is 17.5 Å². The Balaban J connectivity index is 3.01. The van der Waals surface area contributed by atoms with Gasteiger partial charge in [-0.1, -0.05) is 6.92 Å². The summed E-state index contributed by atoms with van der Waals surface area (Å²) in [6.45, 7) is 1.86. The topological polar surface area (TPSA) is 66.0 Å². The predicted octanol–water partition coefficient (Wildman–Crippen LogP) is 0.670. The number of nitrogens with zero attached hydrogens (tertiary/aromatic N) is 1. The van der Waals surface area contributed by atoms with Gasteiger partial charge in [0.15, 0.2) is 0 Å². The Morgan fingerprint density at radius 3 is 3.00 bits per heavy atom. The molecule has 4 nitrogen and oxygen atoms in total. The molecule has 0 aromatic carbocycles. The van der Waals surface area contributed by atoms with Gasteiger partial charge < -0.3 is 5.11 Å². The lowest BCUT2D eigenvalue weighted by Gasteiger charge is -1.89. The predicted molar refractivity (Wildman–Crippen MR) is 34.9 cm³/mol. The number of carboxylic acid groups (broad SMARTS) is 1. The molecule has 0 amide bonds. The number of carbonyl (C=O) groups is 1. The highest BCUT2D eigenvalue weighted by atomic mass is 16.4. The number of aryl methyl sites for hydroxylation is 1. The molecule has 0 aliphatic rings. The summed E-state index contributed by atoms with van der Waals surface area (Å²) in [4.78, 5) is 10.4. The third kappa shape index (κ3) is 1.00. The van der Waals surface area contributed by atoms with Gasteiger partial charge in [0.1, 0.15) is 5.56 Å². The van der Waals surface area contributed by atoms with Gasteiger partial charge in [-0.05, 0) is 6.42 Å². The molecule has 2 N–H and O–H groups in total. The second-order valence-electron chi connectivity index (χ2n) is 1.90. The first-order chi connectivity index (χ1) is 4.75. The largest absolute Gasteiger partial charge is 0.478 e. The lowest BCUT2D eigenvalue weighted by molar-refractivity contribution is 0.0696. The van der Waals surface area contributed by atoms with E-state index < -0.39 is 5.97 Å². The maximum absolute atomic E-state index is 10.4. The summed E-state index contributed by atoms with van der Waals surface area (Å²) < 4.78 is 0. The molecule has 0 unspecified atom stereocenters. The minimum absolute atomic E-state index is 0.266. The number of carboxylic acids is 1. The fraction of sp³-hybridized carbons (Fsp3) is 0.333. The minimum atomic E-state index is -0.925. The lowest BCUT2D eigenvalue weighted by Crippen LogP contribution is -1.98. The van der Waals surface area contributed by atoms with E-state index in [-0.39, 0.29) is 5.56 Å². The third-order valence-corrected chi connectivity index (χ3v) is 1.28. The Kier molecular flexibility index (Phi) is 1.71. The van der Waals surface area contributed by atoms with Gasteiger partial charge in [-0.25, -0.2) is 4.79 Å². The number of H-pyrrole nitrogens is 1. The summed E-state index contributed by atoms with van der Waals surface area (Å²) in [5.74, 6) is -0.925. The van der Waals surface area contributed by atoms with E-state index in [2.05, 4.69) is 10.2 Å². The summed E-state index contributed by atoms with van der Waals surface area (Å²) in [6.07, 6.45) is 2.03. The maximum Gasteiger partial charge on any atom is 0.339 e. The van der Waals surface area contributed by atoms with E-state index >= 15 is 0 Å². The molecule has 0 fully saturated rings. The van der Waals surface area contributed by atoms with Gasteiger partial charge >= 0.3 is 5.97 Å². The first-order valence-corrected chi connectivity index (χ1v) is 3.01. The van der Waals surface area contributed by atoms with Crippen molar-refractivity contribution >= 4 is 5.97 Å². The van der Waals surface area contributed by atoms with Gasteiger partial charge in [0.2, 0.25) is 0 Å². The van der Waals surface area contributed by atoms with Gasteiger partial charge in [-0.2, -0.15) is 5.10 Å². The van der Waals surface area contributed by atoms with Crippen molar-refractivity contribution in [2.45, 2.75) is 13.3 Å². The highest BCUT2D eigenvalue weighted by molar-refractivity contribution is 5.88. The van der Waals surface area contributed by atoms with Crippen LogP contribution in [0.1, 0.15) is 23.0 Å². The number of nitrogens with one attached hydrogen (secondary N) is 1. The van der Waals surface area contributed by atoms with Gasteiger partial charge in [0.05, 0.1) is 5.69 Å². The van der Waals surface area contributed by atoms with Crippen LogP contribution < -0.4 is 0 Å². The summed E-state index contributed by atoms with van der Waals surface area (Å²) in [5, 5.41) is 14.8. The molecule has 0 spiro atoms. The molecule has 1 aromatic rings. The van der Waals surface area contributed by atoms with E-state index in [9.17, 15) is 4.79 Å². The number of aromatic carboxylic acids is 1. The minimum Gasteiger partial charge on any atom is -0.478 e. The Hall–Kier alpha value is -1.32. The molecule has 0 saturated carbocycles. The average molecular weight is 140 g/mol. The van der Waals surface area contributed by atoms with Crippen molar-refractivity contribution in [3.8, 4) is 0 Å². The first kappa shape index (κ1) is 6.80. The molecule has 0 atom stereocenters. The molecular formula is C6H8N2O2. The summed E-state index contributed by atoms with van der Waals surface area (Å²) in [5.41, 5.74) is 0.870. The fourth-order valence-electron chi connectivity index (χ4n) is 0.773. The van der Waals surface area contributed by atoms with Crippen molar-refractivity contribution in [2.24, 2.45) is 0 Å². The molecule has 1 heterocycles. The van der Waals surface area contributed by atoms with Crippen LogP contribution in [0, 0.1) is 0 Å². The van der Waals surface area contributed by atoms with Gasteiger partial charge in [0, 0.05) is 6.20 Å². The van der Waals surface area contributed by atoms with Gasteiger partial charge in [-0.3, -0.25) is 5.10 Å². The van der Waals surface area contributed by atoms with Crippen LogP contribution in [-0.4, -0.2) is 21.3 Å². The Morgan fingerprint density at radius 1 is 1.90 bits per heavy atom. The standard InChI is InChI=1S/C6H8N2O2/c1-2-5-4(6(9)10)3-7-8-5/h3H,2H2,1H3,(H,7,8)(H,9,10). The van der Waals surface area contributed by atoms with E-state index in [1.165, 1.54) is 6.20 Å². The van der Waals surface area contributed by atoms with Crippen LogP contribution in [0.2, 0.25) is 0 Å². The van der Waals surface area contributed by atoms with Crippen molar-refractivity contribution < 1.29 is 9.90 Å². The van der Waals surface area contributed by atoms with Crippen LogP contribution in [0.3, 0.4) is 0 Å². The molecule has 0 bridgehead atoms. The highest BCUT2D eigenvalue weighted by Crippen LogP contribution is 2.03. The van der Waals surface area contributed by atoms with Crippen LogP contribution in [0.5, 0.6) is 0 Å². The van der Waals surface area contributed by atoms with Crippen LogP contribution >= 0.6 is 0 Å². The lowest BCUT2D eigenvalue weighted by atomic mass is 10.2. The van der Waals surface area contributed by atoms with E-state index in [1.54, 1.807) is 0 Å². The maximum atomic E-state index is 10.4. The molecule has 0 aliphatic carbocycles. The average Bonchev–Trinajstić information content (AvgIpc) is 2.33.